The summed E-state index contributed by atoms with van der Waals surface area (Å²) in [6, 6.07) is 4.82. The molecule has 0 spiro atoms. The zero-order chi connectivity index (χ0) is 13.1. The molecular weight excluding hydrogens is 233 g/mol. The van der Waals surface area contributed by atoms with Gasteiger partial charge in [0.2, 0.25) is 0 Å². The molecule has 1 aliphatic rings. The van der Waals surface area contributed by atoms with Crippen molar-refractivity contribution in [1.82, 2.24) is 0 Å². The van der Waals surface area contributed by atoms with Crippen LogP contribution in [0.15, 0.2) is 18.2 Å². The molecule has 0 bridgehead atoms. The summed E-state index contributed by atoms with van der Waals surface area (Å²) in [5.41, 5.74) is 0.569. The highest BCUT2D eigenvalue weighted by molar-refractivity contribution is 5.52. The summed E-state index contributed by atoms with van der Waals surface area (Å²) < 4.78 is 19.3. The maximum Gasteiger partial charge on any atom is 0.146 e. The maximum absolute atomic E-state index is 13.9. The summed E-state index contributed by atoms with van der Waals surface area (Å²) in [5.74, 6) is 0.614. The van der Waals surface area contributed by atoms with Gasteiger partial charge in [0.1, 0.15) is 11.6 Å². The molecule has 100 valence electrons. The lowest BCUT2D eigenvalue weighted by atomic mass is 9.96. The quantitative estimate of drug-likeness (QED) is 0.898. The van der Waals surface area contributed by atoms with Crippen LogP contribution in [0, 0.1) is 11.7 Å². The number of halogens is 1. The van der Waals surface area contributed by atoms with E-state index >= 15 is 0 Å². The van der Waals surface area contributed by atoms with E-state index in [9.17, 15) is 9.50 Å². The van der Waals surface area contributed by atoms with Crippen LogP contribution in [-0.2, 0) is 0 Å². The van der Waals surface area contributed by atoms with Crippen molar-refractivity contribution in [1.29, 1.82) is 0 Å². The van der Waals surface area contributed by atoms with Gasteiger partial charge in [0, 0.05) is 19.2 Å². The number of benzene rings is 1. The minimum atomic E-state index is -0.278. The molecule has 1 heterocycles. The van der Waals surface area contributed by atoms with E-state index in [1.165, 1.54) is 6.07 Å². The minimum Gasteiger partial charge on any atom is -0.494 e. The first-order valence-electron chi connectivity index (χ1n) is 6.47. The Hall–Kier alpha value is -1.29. The third kappa shape index (κ3) is 2.75. The van der Waals surface area contributed by atoms with Crippen LogP contribution < -0.4 is 9.64 Å². The fraction of sp³-hybridized carbons (Fsp3) is 0.571. The number of anilines is 1. The van der Waals surface area contributed by atoms with Crippen LogP contribution in [0.2, 0.25) is 0 Å². The SMILES string of the molecule is CCOc1ccc(F)c(N2CC[C@H](O)[C@H](C)C2)c1. The summed E-state index contributed by atoms with van der Waals surface area (Å²) in [7, 11) is 0. The van der Waals surface area contributed by atoms with E-state index < -0.39 is 0 Å². The molecule has 1 aromatic rings. The molecule has 0 saturated carbocycles. The summed E-state index contributed by atoms with van der Waals surface area (Å²) >= 11 is 0. The molecule has 0 unspecified atom stereocenters. The van der Waals surface area contributed by atoms with Crippen molar-refractivity contribution in [3.63, 3.8) is 0 Å². The molecule has 0 aliphatic carbocycles. The van der Waals surface area contributed by atoms with E-state index in [1.807, 2.05) is 18.7 Å². The third-order valence-electron chi connectivity index (χ3n) is 3.43. The number of hydrogen-bond donors (Lipinski definition) is 1. The van der Waals surface area contributed by atoms with E-state index in [0.29, 0.717) is 37.6 Å². The highest BCUT2D eigenvalue weighted by Gasteiger charge is 2.25. The second-order valence-corrected chi connectivity index (χ2v) is 4.83. The fourth-order valence-corrected chi connectivity index (χ4v) is 2.34. The molecule has 0 amide bonds. The predicted molar refractivity (Wildman–Crippen MR) is 69.6 cm³/mol. The Morgan fingerprint density at radius 1 is 1.50 bits per heavy atom. The van der Waals surface area contributed by atoms with Crippen molar-refractivity contribution in [3.8, 4) is 5.75 Å². The molecular formula is C14H20FNO2. The van der Waals surface area contributed by atoms with Gasteiger partial charge in [-0.2, -0.15) is 0 Å². The number of nitrogens with zero attached hydrogens (tertiary/aromatic N) is 1. The van der Waals surface area contributed by atoms with E-state index in [1.54, 1.807) is 12.1 Å². The Balaban J connectivity index is 2.19. The first-order chi connectivity index (χ1) is 8.61. The lowest BCUT2D eigenvalue weighted by Gasteiger charge is -2.36. The van der Waals surface area contributed by atoms with Gasteiger partial charge < -0.3 is 14.7 Å². The van der Waals surface area contributed by atoms with Crippen LogP contribution in [0.25, 0.3) is 0 Å². The molecule has 1 saturated heterocycles. The van der Waals surface area contributed by atoms with Gasteiger partial charge >= 0.3 is 0 Å². The highest BCUT2D eigenvalue weighted by Crippen LogP contribution is 2.29. The average molecular weight is 253 g/mol. The van der Waals surface area contributed by atoms with Gasteiger partial charge in [-0.3, -0.25) is 0 Å². The summed E-state index contributed by atoms with van der Waals surface area (Å²) in [6.45, 7) is 5.81. The van der Waals surface area contributed by atoms with Gasteiger partial charge in [-0.1, -0.05) is 6.92 Å². The minimum absolute atomic E-state index is 0.161. The third-order valence-corrected chi connectivity index (χ3v) is 3.43. The maximum atomic E-state index is 13.9. The number of aliphatic hydroxyl groups excluding tert-OH is 1. The van der Waals surface area contributed by atoms with Gasteiger partial charge in [0.05, 0.1) is 18.4 Å². The fourth-order valence-electron chi connectivity index (χ4n) is 2.34. The number of rotatable bonds is 3. The van der Waals surface area contributed by atoms with E-state index in [0.717, 1.165) is 0 Å². The van der Waals surface area contributed by atoms with E-state index in [2.05, 4.69) is 0 Å². The summed E-state index contributed by atoms with van der Waals surface area (Å²) in [4.78, 5) is 1.98. The molecule has 18 heavy (non-hydrogen) atoms. The van der Waals surface area contributed by atoms with Crippen molar-refractivity contribution < 1.29 is 14.2 Å². The summed E-state index contributed by atoms with van der Waals surface area (Å²) in [5, 5.41) is 9.71. The lowest BCUT2D eigenvalue weighted by molar-refractivity contribution is 0.0969. The zero-order valence-corrected chi connectivity index (χ0v) is 10.9. The molecule has 4 heteroatoms. The second-order valence-electron chi connectivity index (χ2n) is 4.83. The predicted octanol–water partition coefficient (Wildman–Crippen LogP) is 2.43. The Morgan fingerprint density at radius 3 is 2.94 bits per heavy atom. The molecule has 1 aromatic carbocycles. The average Bonchev–Trinajstić information content (AvgIpc) is 2.35. The monoisotopic (exact) mass is 253 g/mol. The smallest absolute Gasteiger partial charge is 0.146 e. The topological polar surface area (TPSA) is 32.7 Å². The zero-order valence-electron chi connectivity index (χ0n) is 10.9. The standard InChI is InChI=1S/C14H20FNO2/c1-3-18-11-4-5-12(15)13(8-11)16-7-6-14(17)10(2)9-16/h4-5,8,10,14,17H,3,6-7,9H2,1-2H3/t10-,14+/m1/s1. The van der Waals surface area contributed by atoms with Crippen LogP contribution in [0.3, 0.4) is 0 Å². The van der Waals surface area contributed by atoms with Gasteiger partial charge in [-0.05, 0) is 31.4 Å². The largest absolute Gasteiger partial charge is 0.494 e. The first-order valence-corrected chi connectivity index (χ1v) is 6.47. The number of ether oxygens (including phenoxy) is 1. The van der Waals surface area contributed by atoms with Gasteiger partial charge in [0.25, 0.3) is 0 Å². The molecule has 1 fully saturated rings. The van der Waals surface area contributed by atoms with Crippen LogP contribution in [0.1, 0.15) is 20.3 Å². The van der Waals surface area contributed by atoms with Crippen molar-refractivity contribution in [2.75, 3.05) is 24.6 Å². The van der Waals surface area contributed by atoms with Crippen LogP contribution >= 0.6 is 0 Å². The van der Waals surface area contributed by atoms with Gasteiger partial charge in [0.15, 0.2) is 0 Å². The Kier molecular flexibility index (Phi) is 4.07. The number of hydrogen-bond acceptors (Lipinski definition) is 3. The molecule has 3 nitrogen and oxygen atoms in total. The molecule has 0 aromatic heterocycles. The summed E-state index contributed by atoms with van der Waals surface area (Å²) in [6.07, 6.45) is 0.402. The Bertz CT molecular complexity index is 411. The van der Waals surface area contributed by atoms with Crippen molar-refractivity contribution in [3.05, 3.63) is 24.0 Å². The Labute approximate surface area is 107 Å². The first kappa shape index (κ1) is 13.1. The van der Waals surface area contributed by atoms with E-state index in [4.69, 9.17) is 4.74 Å². The van der Waals surface area contributed by atoms with Crippen molar-refractivity contribution >= 4 is 5.69 Å². The molecule has 2 atom stereocenters. The van der Waals surface area contributed by atoms with Gasteiger partial charge in [-0.15, -0.1) is 0 Å². The van der Waals surface area contributed by atoms with Gasteiger partial charge in [-0.25, -0.2) is 4.39 Å². The molecule has 1 aliphatic heterocycles. The molecule has 1 N–H and O–H groups in total. The molecule has 0 radical (unpaired) electrons. The Morgan fingerprint density at radius 2 is 2.28 bits per heavy atom. The second kappa shape index (κ2) is 5.57. The molecule has 2 rings (SSSR count). The van der Waals surface area contributed by atoms with Crippen molar-refractivity contribution in [2.45, 2.75) is 26.4 Å². The number of aliphatic hydroxyl groups is 1. The van der Waals surface area contributed by atoms with Crippen molar-refractivity contribution in [2.24, 2.45) is 5.92 Å². The van der Waals surface area contributed by atoms with Crippen LogP contribution in [0.5, 0.6) is 5.75 Å². The van der Waals surface area contributed by atoms with Crippen LogP contribution in [-0.4, -0.2) is 30.9 Å². The normalized spacial score (nSPS) is 24.1. The highest BCUT2D eigenvalue weighted by atomic mass is 19.1. The number of piperidine rings is 1. The van der Waals surface area contributed by atoms with Crippen LogP contribution in [0.4, 0.5) is 10.1 Å². The lowest BCUT2D eigenvalue weighted by Crippen LogP contribution is -2.42. The van der Waals surface area contributed by atoms with E-state index in [-0.39, 0.29) is 17.8 Å².